The zero-order valence-electron chi connectivity index (χ0n) is 28.6. The monoisotopic (exact) mass is 658 g/mol. The molecule has 2 aliphatic rings. The molecule has 9 aromatic rings. The van der Waals surface area contributed by atoms with E-state index >= 15 is 0 Å². The Morgan fingerprint density at radius 2 is 0.558 bits per heavy atom. The third-order valence-corrected chi connectivity index (χ3v) is 11.9. The van der Waals surface area contributed by atoms with Crippen molar-refractivity contribution in [3.05, 3.63) is 251 Å². The minimum absolute atomic E-state index is 0.471. The Bertz CT molecular complexity index is 2740. The molecule has 0 radical (unpaired) electrons. The highest BCUT2D eigenvalue weighted by Gasteiger charge is 2.51. The Morgan fingerprint density at radius 1 is 0.212 bits per heavy atom. The quantitative estimate of drug-likeness (QED) is 0.165. The smallest absolute Gasteiger partial charge is 0.0622 e. The molecule has 0 spiro atoms. The average molecular weight is 659 g/mol. The molecule has 0 fully saturated rings. The van der Waals surface area contributed by atoms with Crippen LogP contribution in [0.25, 0.3) is 43.8 Å². The topological polar surface area (TPSA) is 0 Å². The molecule has 242 valence electrons. The molecule has 11 rings (SSSR count). The van der Waals surface area contributed by atoms with E-state index in [1.807, 2.05) is 0 Å². The zero-order chi connectivity index (χ0) is 34.3. The van der Waals surface area contributed by atoms with Crippen molar-refractivity contribution in [2.24, 2.45) is 0 Å². The number of fused-ring (bicyclic) bond motifs is 8. The van der Waals surface area contributed by atoms with Gasteiger partial charge in [-0.2, -0.15) is 0 Å². The van der Waals surface area contributed by atoms with Crippen LogP contribution in [0.1, 0.15) is 44.5 Å². The van der Waals surface area contributed by atoms with Crippen LogP contribution in [0.3, 0.4) is 0 Å². The Labute approximate surface area is 304 Å². The minimum Gasteiger partial charge on any atom is -0.0622 e. The maximum Gasteiger partial charge on any atom is 0.0714 e. The molecule has 2 aliphatic carbocycles. The van der Waals surface area contributed by atoms with Crippen LogP contribution < -0.4 is 0 Å². The van der Waals surface area contributed by atoms with Crippen molar-refractivity contribution in [3.63, 3.8) is 0 Å². The van der Waals surface area contributed by atoms with E-state index in [1.54, 1.807) is 0 Å². The van der Waals surface area contributed by atoms with Gasteiger partial charge >= 0.3 is 0 Å². The first kappa shape index (κ1) is 29.3. The number of hydrogen-bond acceptors (Lipinski definition) is 0. The Balaban J connectivity index is 1.33. The van der Waals surface area contributed by atoms with E-state index in [1.165, 1.54) is 88.3 Å². The lowest BCUT2D eigenvalue weighted by Crippen LogP contribution is -2.29. The molecule has 0 unspecified atom stereocenters. The molecular formula is C52H34. The first-order valence-corrected chi connectivity index (χ1v) is 18.3. The number of hydrogen-bond donors (Lipinski definition) is 0. The van der Waals surface area contributed by atoms with Crippen LogP contribution in [-0.2, 0) is 10.8 Å². The summed E-state index contributed by atoms with van der Waals surface area (Å²) in [7, 11) is 0. The lowest BCUT2D eigenvalue weighted by Gasteiger charge is -2.35. The van der Waals surface area contributed by atoms with Crippen LogP contribution in [0.4, 0.5) is 0 Å². The van der Waals surface area contributed by atoms with E-state index in [0.717, 1.165) is 0 Å². The molecule has 0 heteroatoms. The van der Waals surface area contributed by atoms with E-state index in [0.29, 0.717) is 0 Å². The van der Waals surface area contributed by atoms with E-state index < -0.39 is 10.8 Å². The molecule has 0 heterocycles. The fourth-order valence-electron chi connectivity index (χ4n) is 9.86. The molecule has 0 nitrogen and oxygen atoms in total. The first-order valence-electron chi connectivity index (χ1n) is 18.3. The van der Waals surface area contributed by atoms with Crippen LogP contribution in [0.5, 0.6) is 0 Å². The van der Waals surface area contributed by atoms with Crippen LogP contribution in [0, 0.1) is 0 Å². The predicted octanol–water partition coefficient (Wildman–Crippen LogP) is 12.7. The van der Waals surface area contributed by atoms with E-state index in [-0.39, 0.29) is 0 Å². The van der Waals surface area contributed by atoms with Crippen molar-refractivity contribution in [1.82, 2.24) is 0 Å². The summed E-state index contributed by atoms with van der Waals surface area (Å²) in [5.41, 5.74) is 14.7. The average Bonchev–Trinajstić information content (AvgIpc) is 3.67. The molecule has 0 saturated carbocycles. The second-order valence-electron chi connectivity index (χ2n) is 14.4. The van der Waals surface area contributed by atoms with Gasteiger partial charge in [0.15, 0.2) is 0 Å². The van der Waals surface area contributed by atoms with Gasteiger partial charge < -0.3 is 0 Å². The fraction of sp³-hybridized carbons (Fsp3) is 0.0385. The van der Waals surface area contributed by atoms with Gasteiger partial charge in [-0.1, -0.05) is 170 Å². The minimum atomic E-state index is -0.512. The van der Waals surface area contributed by atoms with Gasteiger partial charge in [0.2, 0.25) is 0 Å². The summed E-state index contributed by atoms with van der Waals surface area (Å²) in [5.74, 6) is 0. The maximum atomic E-state index is 2.57. The third-order valence-electron chi connectivity index (χ3n) is 11.9. The van der Waals surface area contributed by atoms with E-state index in [9.17, 15) is 0 Å². The molecule has 0 aliphatic heterocycles. The van der Waals surface area contributed by atoms with Crippen LogP contribution in [0.2, 0.25) is 0 Å². The van der Waals surface area contributed by atoms with Crippen molar-refractivity contribution in [1.29, 1.82) is 0 Å². The number of benzene rings is 9. The summed E-state index contributed by atoms with van der Waals surface area (Å²) in [5, 5.41) is 5.06. The summed E-state index contributed by atoms with van der Waals surface area (Å²) < 4.78 is 0. The predicted molar refractivity (Wildman–Crippen MR) is 216 cm³/mol. The van der Waals surface area contributed by atoms with Gasteiger partial charge in [-0.15, -0.1) is 0 Å². The molecule has 0 aromatic heterocycles. The lowest BCUT2D eigenvalue weighted by molar-refractivity contribution is 0.759. The molecule has 0 amide bonds. The highest BCUT2D eigenvalue weighted by atomic mass is 14.5. The standard InChI is InChI=1S/C52H34/c1-5-19-39(20-6-1)51(40-21-7-2-8-22-40)47-28-16-15-27-43(47)45-33-50-46(34-49(45)51)44-31-37-29-35-17-13-14-18-36(35)30-38(37)32-48(44)52(50,41-23-9-3-10-24-41)42-25-11-4-12-26-42/h1-34H. The van der Waals surface area contributed by atoms with Gasteiger partial charge in [-0.3, -0.25) is 0 Å². The summed E-state index contributed by atoms with van der Waals surface area (Å²) in [6.45, 7) is 0. The molecule has 0 saturated heterocycles. The van der Waals surface area contributed by atoms with Gasteiger partial charge in [0.25, 0.3) is 0 Å². The first-order chi connectivity index (χ1) is 25.8. The van der Waals surface area contributed by atoms with Gasteiger partial charge in [0.05, 0.1) is 10.8 Å². The highest BCUT2D eigenvalue weighted by molar-refractivity contribution is 6.04. The zero-order valence-corrected chi connectivity index (χ0v) is 28.6. The van der Waals surface area contributed by atoms with Crippen LogP contribution >= 0.6 is 0 Å². The van der Waals surface area contributed by atoms with E-state index in [2.05, 4.69) is 206 Å². The Kier molecular flexibility index (Phi) is 6.19. The molecule has 0 atom stereocenters. The van der Waals surface area contributed by atoms with Gasteiger partial charge in [0.1, 0.15) is 0 Å². The largest absolute Gasteiger partial charge is 0.0714 e. The van der Waals surface area contributed by atoms with Crippen molar-refractivity contribution in [2.75, 3.05) is 0 Å². The third kappa shape index (κ3) is 3.82. The lowest BCUT2D eigenvalue weighted by atomic mass is 9.66. The van der Waals surface area contributed by atoms with Gasteiger partial charge in [-0.05, 0) is 125 Å². The number of rotatable bonds is 4. The Morgan fingerprint density at radius 3 is 1.06 bits per heavy atom. The van der Waals surface area contributed by atoms with Gasteiger partial charge in [0, 0.05) is 0 Å². The Hall–Kier alpha value is -6.50. The van der Waals surface area contributed by atoms with Crippen LogP contribution in [-0.4, -0.2) is 0 Å². The summed E-state index contributed by atoms with van der Waals surface area (Å²) in [6.07, 6.45) is 0. The van der Waals surface area contributed by atoms with Crippen molar-refractivity contribution in [3.8, 4) is 22.3 Å². The second-order valence-corrected chi connectivity index (χ2v) is 14.4. The summed E-state index contributed by atoms with van der Waals surface area (Å²) in [4.78, 5) is 0. The normalized spacial score (nSPS) is 14.5. The van der Waals surface area contributed by atoms with Crippen molar-refractivity contribution < 1.29 is 0 Å². The second kappa shape index (κ2) is 11.0. The SMILES string of the molecule is c1ccc(C2(c3ccccc3)c3ccccc3-c3cc4c(cc32)-c2cc3cc5ccccc5cc3cc2C4(c2ccccc2)c2ccccc2)cc1. The summed E-state index contributed by atoms with van der Waals surface area (Å²) >= 11 is 0. The maximum absolute atomic E-state index is 2.57. The highest BCUT2D eigenvalue weighted by Crippen LogP contribution is 2.62. The molecule has 9 aromatic carbocycles. The fourth-order valence-corrected chi connectivity index (χ4v) is 9.86. The summed E-state index contributed by atoms with van der Waals surface area (Å²) in [6, 6.07) is 77.4. The molecule has 0 bridgehead atoms. The molecular weight excluding hydrogens is 625 g/mol. The van der Waals surface area contributed by atoms with E-state index in [4.69, 9.17) is 0 Å². The van der Waals surface area contributed by atoms with Gasteiger partial charge in [-0.25, -0.2) is 0 Å². The van der Waals surface area contributed by atoms with Crippen LogP contribution in [0.15, 0.2) is 206 Å². The molecule has 52 heavy (non-hydrogen) atoms. The van der Waals surface area contributed by atoms with Crippen molar-refractivity contribution in [2.45, 2.75) is 10.8 Å². The van der Waals surface area contributed by atoms with Crippen molar-refractivity contribution >= 4 is 21.5 Å². The molecule has 0 N–H and O–H groups in total.